The summed E-state index contributed by atoms with van der Waals surface area (Å²) in [5.41, 5.74) is 0. The van der Waals surface area contributed by atoms with Crippen LogP contribution in [0.1, 0.15) is 100 Å². The van der Waals surface area contributed by atoms with E-state index in [9.17, 15) is 9.59 Å². The molecule has 0 aromatic carbocycles. The van der Waals surface area contributed by atoms with Crippen LogP contribution in [0.3, 0.4) is 0 Å². The van der Waals surface area contributed by atoms with E-state index in [0.717, 1.165) is 57.2 Å². The van der Waals surface area contributed by atoms with Gasteiger partial charge in [-0.25, -0.2) is 0 Å². The van der Waals surface area contributed by atoms with Crippen LogP contribution >= 0.6 is 0 Å². The molecule has 11 heteroatoms. The molecule has 4 N–H and O–H groups in total. The summed E-state index contributed by atoms with van der Waals surface area (Å²) in [7, 11) is 0.815. The van der Waals surface area contributed by atoms with Crippen LogP contribution in [0.25, 0.3) is 0 Å². The molecule has 0 aromatic heterocycles. The Balaban J connectivity index is 0. The number of ether oxygens (including phenoxy) is 2. The monoisotopic (exact) mass is 691 g/mol. The summed E-state index contributed by atoms with van der Waals surface area (Å²) < 4.78 is 17.1. The first kappa shape index (κ1) is 47.3. The lowest BCUT2D eigenvalue weighted by molar-refractivity contribution is -0.148. The van der Waals surface area contributed by atoms with Crippen molar-refractivity contribution >= 4 is 28.6 Å². The zero-order chi connectivity index (χ0) is 35.8. The van der Waals surface area contributed by atoms with Crippen molar-refractivity contribution in [1.29, 1.82) is 0 Å². The zero-order valence-electron chi connectivity index (χ0n) is 32.7. The smallest absolute Gasteiger partial charge is 0.309 e. The van der Waals surface area contributed by atoms with E-state index in [2.05, 4.69) is 82.1 Å². The second-order valence-electron chi connectivity index (χ2n) is 14.7. The summed E-state index contributed by atoms with van der Waals surface area (Å²) in [5.74, 6) is -0.286. The topological polar surface area (TPSA) is 110 Å². The zero-order valence-corrected chi connectivity index (χ0v) is 34.7. The molecule has 0 spiro atoms. The first-order valence-electron chi connectivity index (χ1n) is 18.3. The number of hydrogen-bond donors (Lipinski definition) is 4. The van der Waals surface area contributed by atoms with E-state index in [1.54, 1.807) is 0 Å². The molecular weight excluding hydrogens is 613 g/mol. The molecule has 276 valence electrons. The van der Waals surface area contributed by atoms with Crippen molar-refractivity contribution in [2.45, 2.75) is 163 Å². The number of carbonyl (C=O) groups excluding carboxylic acids is 2. The Hall–Kier alpha value is -0.826. The Bertz CT molecular complexity index is 775. The Morgan fingerprint density at radius 3 is 1.61 bits per heavy atom. The van der Waals surface area contributed by atoms with Gasteiger partial charge >= 0.3 is 11.9 Å². The Morgan fingerprint density at radius 1 is 0.630 bits per heavy atom. The number of carbonyl (C=O) groups is 2. The highest BCUT2D eigenvalue weighted by atomic mass is 28.4. The molecule has 0 aliphatic heterocycles. The number of hydrogen-bond acceptors (Lipinski definition) is 9. The summed E-state index contributed by atoms with van der Waals surface area (Å²) in [6.07, 6.45) is 7.17. The van der Waals surface area contributed by atoms with Gasteiger partial charge in [0.2, 0.25) is 0 Å². The van der Waals surface area contributed by atoms with E-state index in [4.69, 9.17) is 13.6 Å². The van der Waals surface area contributed by atoms with Crippen molar-refractivity contribution in [3.8, 4) is 0 Å². The standard InChI is InChI=1S/C20H46N2O3Si2.C15H32N2O2/c1-10-26(6,7)25-27(8,9)15-11-14-24-20(23)17(2)16-22-19(4)13-12-18(3)21-5;1-6-11-19-15(18)12(2)9-10-17-14(4)8-7-13(3)16-5/h17-19,21-22H,10-16H2,1-9H3;12-14,16-17H,6-11H2,1-5H3. The molecule has 9 nitrogen and oxygen atoms in total. The molecule has 0 aliphatic rings. The third-order valence-corrected chi connectivity index (χ3v) is 16.4. The largest absolute Gasteiger partial charge is 0.465 e. The van der Waals surface area contributed by atoms with E-state index in [1.807, 2.05) is 34.9 Å². The van der Waals surface area contributed by atoms with Crippen LogP contribution in [0.15, 0.2) is 0 Å². The fourth-order valence-electron chi connectivity index (χ4n) is 4.65. The van der Waals surface area contributed by atoms with E-state index in [-0.39, 0.29) is 23.8 Å². The van der Waals surface area contributed by atoms with Crippen LogP contribution in [-0.4, -0.2) is 93.1 Å². The second kappa shape index (κ2) is 27.0. The van der Waals surface area contributed by atoms with Crippen LogP contribution in [0.5, 0.6) is 0 Å². The first-order valence-corrected chi connectivity index (χ1v) is 24.5. The van der Waals surface area contributed by atoms with Crippen molar-refractivity contribution in [1.82, 2.24) is 21.3 Å². The molecule has 0 rings (SSSR count). The molecule has 0 saturated carbocycles. The predicted octanol–water partition coefficient (Wildman–Crippen LogP) is 6.70. The number of rotatable bonds is 26. The molecule has 0 heterocycles. The summed E-state index contributed by atoms with van der Waals surface area (Å²) in [4.78, 5) is 23.8. The Labute approximate surface area is 287 Å². The maximum absolute atomic E-state index is 12.2. The first-order chi connectivity index (χ1) is 21.4. The summed E-state index contributed by atoms with van der Waals surface area (Å²) >= 11 is 0. The minimum Gasteiger partial charge on any atom is -0.465 e. The van der Waals surface area contributed by atoms with Gasteiger partial charge in [-0.2, -0.15) is 0 Å². The molecule has 6 unspecified atom stereocenters. The van der Waals surface area contributed by atoms with Crippen molar-refractivity contribution < 1.29 is 23.2 Å². The van der Waals surface area contributed by atoms with E-state index in [0.29, 0.717) is 43.9 Å². The molecule has 0 radical (unpaired) electrons. The maximum Gasteiger partial charge on any atom is 0.309 e. The van der Waals surface area contributed by atoms with Gasteiger partial charge in [0.15, 0.2) is 16.6 Å². The molecule has 0 bridgehead atoms. The summed E-state index contributed by atoms with van der Waals surface area (Å²) in [5, 5.41) is 13.4. The molecule has 0 fully saturated rings. The van der Waals surface area contributed by atoms with Crippen LogP contribution in [0.4, 0.5) is 0 Å². The van der Waals surface area contributed by atoms with Crippen molar-refractivity contribution in [2.75, 3.05) is 40.4 Å². The van der Waals surface area contributed by atoms with Crippen LogP contribution in [0.2, 0.25) is 38.3 Å². The molecule has 0 saturated heterocycles. The summed E-state index contributed by atoms with van der Waals surface area (Å²) in [6, 6.07) is 4.19. The van der Waals surface area contributed by atoms with Crippen LogP contribution in [-0.2, 0) is 23.2 Å². The maximum atomic E-state index is 12.2. The average Bonchev–Trinajstić information content (AvgIpc) is 3.01. The third kappa shape index (κ3) is 27.2. The van der Waals surface area contributed by atoms with Gasteiger partial charge in [0.1, 0.15) is 0 Å². The summed E-state index contributed by atoms with van der Waals surface area (Å²) in [6.45, 7) is 28.6. The average molecular weight is 691 g/mol. The van der Waals surface area contributed by atoms with Gasteiger partial charge in [-0.15, -0.1) is 0 Å². The van der Waals surface area contributed by atoms with E-state index < -0.39 is 16.6 Å². The van der Waals surface area contributed by atoms with Crippen molar-refractivity contribution in [3.05, 3.63) is 0 Å². The minimum atomic E-state index is -1.66. The molecule has 6 atom stereocenters. The second-order valence-corrected chi connectivity index (χ2v) is 23.8. The molecule has 0 amide bonds. The fourth-order valence-corrected chi connectivity index (χ4v) is 12.6. The van der Waals surface area contributed by atoms with E-state index >= 15 is 0 Å². The number of nitrogens with one attached hydrogen (secondary N) is 4. The van der Waals surface area contributed by atoms with Gasteiger partial charge in [0.25, 0.3) is 0 Å². The third-order valence-electron chi connectivity index (χ3n) is 8.72. The predicted molar refractivity (Wildman–Crippen MR) is 202 cm³/mol. The highest BCUT2D eigenvalue weighted by molar-refractivity contribution is 6.84. The van der Waals surface area contributed by atoms with Gasteiger partial charge < -0.3 is 34.9 Å². The quantitative estimate of drug-likeness (QED) is 0.0448. The van der Waals surface area contributed by atoms with Crippen molar-refractivity contribution in [3.63, 3.8) is 0 Å². The van der Waals surface area contributed by atoms with Gasteiger partial charge in [0.05, 0.1) is 25.0 Å². The molecule has 0 aliphatic carbocycles. The lowest BCUT2D eigenvalue weighted by atomic mass is 10.1. The highest BCUT2D eigenvalue weighted by Crippen LogP contribution is 2.22. The lowest BCUT2D eigenvalue weighted by Crippen LogP contribution is -2.43. The molecule has 0 aromatic rings. The van der Waals surface area contributed by atoms with Crippen LogP contribution < -0.4 is 21.3 Å². The van der Waals surface area contributed by atoms with Crippen LogP contribution in [0, 0.1) is 11.8 Å². The number of esters is 2. The van der Waals surface area contributed by atoms with Crippen molar-refractivity contribution in [2.24, 2.45) is 11.8 Å². The lowest BCUT2D eigenvalue weighted by Gasteiger charge is -2.33. The van der Waals surface area contributed by atoms with Gasteiger partial charge in [-0.1, -0.05) is 27.7 Å². The Kier molecular flexibility index (Phi) is 27.8. The van der Waals surface area contributed by atoms with Gasteiger partial charge in [-0.05, 0) is 132 Å². The SMILES string of the molecule is CCCOC(=O)C(C)CCNC(C)CCC(C)NC.CC[Si](C)(C)O[Si](C)(C)CCCOC(=O)C(C)CNC(C)CCC(C)NC. The van der Waals surface area contributed by atoms with Gasteiger partial charge in [-0.3, -0.25) is 9.59 Å². The van der Waals surface area contributed by atoms with Gasteiger partial charge in [0, 0.05) is 30.7 Å². The molecule has 46 heavy (non-hydrogen) atoms. The Morgan fingerprint density at radius 2 is 1.11 bits per heavy atom. The fraction of sp³-hybridized carbons (Fsp3) is 0.943. The normalized spacial score (nSPS) is 16.0. The highest BCUT2D eigenvalue weighted by Gasteiger charge is 2.31. The minimum absolute atomic E-state index is 0.0116. The van der Waals surface area contributed by atoms with E-state index in [1.165, 1.54) is 6.42 Å². The molecular formula is C35H78N4O5Si2.